The first-order valence-electron chi connectivity index (χ1n) is 5.35. The summed E-state index contributed by atoms with van der Waals surface area (Å²) >= 11 is 0. The van der Waals surface area contributed by atoms with Gasteiger partial charge in [0.15, 0.2) is 0 Å². The molecular weight excluding hydrogens is 224 g/mol. The van der Waals surface area contributed by atoms with E-state index >= 15 is 0 Å². The maximum absolute atomic E-state index is 13.5. The zero-order valence-electron chi connectivity index (χ0n) is 9.40. The molecule has 2 nitrogen and oxygen atoms in total. The third-order valence-electron chi connectivity index (χ3n) is 2.68. The van der Waals surface area contributed by atoms with Crippen LogP contribution in [0.2, 0.25) is 0 Å². The minimum absolute atomic E-state index is 0.00519. The van der Waals surface area contributed by atoms with Crippen LogP contribution in [-0.2, 0) is 6.54 Å². The first-order chi connectivity index (χ1) is 8.09. The molecule has 0 amide bonds. The highest BCUT2D eigenvalue weighted by molar-refractivity contribution is 5.22. The van der Waals surface area contributed by atoms with Gasteiger partial charge in [-0.3, -0.25) is 0 Å². The number of aliphatic hydroxyl groups excluding tert-OH is 1. The number of halogens is 2. The second kappa shape index (κ2) is 4.67. The largest absolute Gasteiger partial charge is 0.387 e. The van der Waals surface area contributed by atoms with Crippen molar-refractivity contribution in [1.29, 1.82) is 0 Å². The van der Waals surface area contributed by atoms with Crippen molar-refractivity contribution in [2.75, 3.05) is 0 Å². The topological polar surface area (TPSA) is 25.2 Å². The fraction of sp³-hybridized carbons (Fsp3) is 0.231. The van der Waals surface area contributed by atoms with E-state index in [1.54, 1.807) is 29.8 Å². The standard InChI is InChI=1S/C13H13F2NO/c1-9(17)13-6-3-7-16(13)8-10-11(14)4-2-5-12(10)15/h2-7,9,17H,8H2,1H3. The summed E-state index contributed by atoms with van der Waals surface area (Å²) < 4.78 is 28.5. The Labute approximate surface area is 98.1 Å². The lowest BCUT2D eigenvalue weighted by molar-refractivity contribution is 0.189. The second-order valence-electron chi connectivity index (χ2n) is 3.94. The quantitative estimate of drug-likeness (QED) is 0.872. The zero-order chi connectivity index (χ0) is 12.4. The normalized spacial score (nSPS) is 12.7. The van der Waals surface area contributed by atoms with Crippen molar-refractivity contribution in [2.24, 2.45) is 0 Å². The molecule has 0 spiro atoms. The third kappa shape index (κ3) is 2.36. The summed E-state index contributed by atoms with van der Waals surface area (Å²) in [6.07, 6.45) is 1.02. The maximum Gasteiger partial charge on any atom is 0.131 e. The van der Waals surface area contributed by atoms with Crippen LogP contribution in [0.15, 0.2) is 36.5 Å². The Hall–Kier alpha value is -1.68. The van der Waals surface area contributed by atoms with E-state index in [1.807, 2.05) is 0 Å². The van der Waals surface area contributed by atoms with Crippen LogP contribution in [0.25, 0.3) is 0 Å². The summed E-state index contributed by atoms with van der Waals surface area (Å²) in [6, 6.07) is 7.25. The lowest BCUT2D eigenvalue weighted by Crippen LogP contribution is -2.08. The first kappa shape index (κ1) is 11.8. The molecule has 1 heterocycles. The van der Waals surface area contributed by atoms with Gasteiger partial charge in [-0.2, -0.15) is 0 Å². The van der Waals surface area contributed by atoms with E-state index in [0.717, 1.165) is 0 Å². The molecule has 0 fully saturated rings. The smallest absolute Gasteiger partial charge is 0.131 e. The molecule has 0 saturated heterocycles. The Morgan fingerprint density at radius 2 is 1.82 bits per heavy atom. The predicted octanol–water partition coefficient (Wildman–Crippen LogP) is 2.87. The summed E-state index contributed by atoms with van der Waals surface area (Å²) in [5, 5.41) is 9.50. The van der Waals surface area contributed by atoms with Gasteiger partial charge < -0.3 is 9.67 Å². The molecule has 0 radical (unpaired) electrons. The number of hydrogen-bond donors (Lipinski definition) is 1. The van der Waals surface area contributed by atoms with Crippen LogP contribution in [0.4, 0.5) is 8.78 Å². The Balaban J connectivity index is 2.35. The lowest BCUT2D eigenvalue weighted by Gasteiger charge is -2.12. The van der Waals surface area contributed by atoms with Gasteiger partial charge in [0.25, 0.3) is 0 Å². The van der Waals surface area contributed by atoms with Crippen molar-refractivity contribution in [3.63, 3.8) is 0 Å². The lowest BCUT2D eigenvalue weighted by atomic mass is 10.2. The van der Waals surface area contributed by atoms with E-state index in [1.165, 1.54) is 18.2 Å². The molecule has 0 aliphatic carbocycles. The number of hydrogen-bond acceptors (Lipinski definition) is 1. The van der Waals surface area contributed by atoms with Gasteiger partial charge in [-0.15, -0.1) is 0 Å². The van der Waals surface area contributed by atoms with Crippen molar-refractivity contribution < 1.29 is 13.9 Å². The van der Waals surface area contributed by atoms with Crippen molar-refractivity contribution in [1.82, 2.24) is 4.57 Å². The molecule has 1 atom stereocenters. The van der Waals surface area contributed by atoms with Gasteiger partial charge in [0.1, 0.15) is 11.6 Å². The van der Waals surface area contributed by atoms with Crippen molar-refractivity contribution in [2.45, 2.75) is 19.6 Å². The highest BCUT2D eigenvalue weighted by Crippen LogP contribution is 2.18. The van der Waals surface area contributed by atoms with Gasteiger partial charge in [-0.1, -0.05) is 6.07 Å². The highest BCUT2D eigenvalue weighted by atomic mass is 19.1. The fourth-order valence-electron chi connectivity index (χ4n) is 1.80. The number of aromatic nitrogens is 1. The van der Waals surface area contributed by atoms with E-state index in [9.17, 15) is 13.9 Å². The summed E-state index contributed by atoms with van der Waals surface area (Å²) in [4.78, 5) is 0. The highest BCUT2D eigenvalue weighted by Gasteiger charge is 2.12. The van der Waals surface area contributed by atoms with Gasteiger partial charge in [-0.05, 0) is 31.2 Å². The molecule has 1 aromatic carbocycles. The molecule has 0 saturated carbocycles. The number of aliphatic hydroxyl groups is 1. The Bertz CT molecular complexity index is 500. The van der Waals surface area contributed by atoms with Gasteiger partial charge in [0.05, 0.1) is 12.6 Å². The molecule has 0 bridgehead atoms. The molecule has 2 aromatic rings. The monoisotopic (exact) mass is 237 g/mol. The van der Waals surface area contributed by atoms with Crippen LogP contribution in [0.5, 0.6) is 0 Å². The third-order valence-corrected chi connectivity index (χ3v) is 2.68. The molecule has 1 unspecified atom stereocenters. The average Bonchev–Trinajstić information content (AvgIpc) is 2.72. The second-order valence-corrected chi connectivity index (χ2v) is 3.94. The van der Waals surface area contributed by atoms with Gasteiger partial charge in [0.2, 0.25) is 0 Å². The molecule has 0 aliphatic heterocycles. The summed E-state index contributed by atoms with van der Waals surface area (Å²) in [6.45, 7) is 1.69. The van der Waals surface area contributed by atoms with Gasteiger partial charge in [-0.25, -0.2) is 8.78 Å². The summed E-state index contributed by atoms with van der Waals surface area (Å²) in [5.74, 6) is -1.15. The van der Waals surface area contributed by atoms with Crippen LogP contribution >= 0.6 is 0 Å². The number of benzene rings is 1. The van der Waals surface area contributed by atoms with Gasteiger partial charge in [0, 0.05) is 17.5 Å². The molecule has 2 rings (SSSR count). The maximum atomic E-state index is 13.5. The summed E-state index contributed by atoms with van der Waals surface area (Å²) in [7, 11) is 0. The molecule has 1 aromatic heterocycles. The minimum Gasteiger partial charge on any atom is -0.387 e. The molecule has 4 heteroatoms. The predicted molar refractivity (Wildman–Crippen MR) is 60.5 cm³/mol. The molecule has 1 N–H and O–H groups in total. The van der Waals surface area contributed by atoms with Crippen molar-refractivity contribution >= 4 is 0 Å². The van der Waals surface area contributed by atoms with Crippen LogP contribution in [0.1, 0.15) is 24.3 Å². The average molecular weight is 237 g/mol. The number of rotatable bonds is 3. The van der Waals surface area contributed by atoms with E-state index < -0.39 is 17.7 Å². The Morgan fingerprint density at radius 1 is 1.18 bits per heavy atom. The van der Waals surface area contributed by atoms with Crippen LogP contribution in [0, 0.1) is 11.6 Å². The summed E-state index contributed by atoms with van der Waals surface area (Å²) in [5.41, 5.74) is 0.637. The van der Waals surface area contributed by atoms with Crippen LogP contribution < -0.4 is 0 Å². The van der Waals surface area contributed by atoms with Crippen LogP contribution in [0.3, 0.4) is 0 Å². The Kier molecular flexibility index (Phi) is 3.24. The Morgan fingerprint density at radius 3 is 2.41 bits per heavy atom. The number of nitrogens with zero attached hydrogens (tertiary/aromatic N) is 1. The molecule has 90 valence electrons. The van der Waals surface area contributed by atoms with Crippen molar-refractivity contribution in [3.8, 4) is 0 Å². The van der Waals surface area contributed by atoms with E-state index in [-0.39, 0.29) is 12.1 Å². The molecular formula is C13H13F2NO. The zero-order valence-corrected chi connectivity index (χ0v) is 9.40. The molecule has 0 aliphatic rings. The van der Waals surface area contributed by atoms with Gasteiger partial charge >= 0.3 is 0 Å². The molecule has 17 heavy (non-hydrogen) atoms. The first-order valence-corrected chi connectivity index (χ1v) is 5.35. The van der Waals surface area contributed by atoms with Crippen LogP contribution in [-0.4, -0.2) is 9.67 Å². The van der Waals surface area contributed by atoms with E-state index in [4.69, 9.17) is 0 Å². The van der Waals surface area contributed by atoms with E-state index in [2.05, 4.69) is 0 Å². The SMILES string of the molecule is CC(O)c1cccn1Cc1c(F)cccc1F. The minimum atomic E-state index is -0.667. The van der Waals surface area contributed by atoms with E-state index in [0.29, 0.717) is 5.69 Å². The van der Waals surface area contributed by atoms with Crippen molar-refractivity contribution in [3.05, 3.63) is 59.4 Å². The fourth-order valence-corrected chi connectivity index (χ4v) is 1.80.